The topological polar surface area (TPSA) is 321 Å². The van der Waals surface area contributed by atoms with Gasteiger partial charge in [-0.2, -0.15) is 0 Å². The average Bonchev–Trinajstić information content (AvgIpc) is 3.30. The van der Waals surface area contributed by atoms with E-state index >= 15 is 0 Å². The first-order valence-electron chi connectivity index (χ1n) is 15.0. The first kappa shape index (κ1) is 44.8. The highest BCUT2D eigenvalue weighted by Crippen LogP contribution is 2.59. The number of ether oxygens (including phenoxy) is 8. The highest BCUT2D eigenvalue weighted by Gasteiger charge is 2.94. The molecule has 2 heterocycles. The summed E-state index contributed by atoms with van der Waals surface area (Å²) in [6, 6.07) is 0. The first-order chi connectivity index (χ1) is 24.2. The van der Waals surface area contributed by atoms with Gasteiger partial charge in [-0.15, -0.1) is 0 Å². The molecule has 8 N–H and O–H groups in total. The molecule has 9 atom stereocenters. The molecule has 2 rings (SSSR count). The van der Waals surface area contributed by atoms with Gasteiger partial charge in [-0.25, -0.2) is 24.0 Å². The van der Waals surface area contributed by atoms with E-state index in [2.05, 4.69) is 32.9 Å². The third-order valence-electron chi connectivity index (χ3n) is 7.52. The minimum atomic E-state index is -4.92. The molecule has 2 aliphatic heterocycles. The number of hydrogen-bond donors (Lipinski definition) is 8. The lowest BCUT2D eigenvalue weighted by Gasteiger charge is -2.62. The number of hydrogen-bond acceptors (Lipinski definition) is 21. The molecule has 21 nitrogen and oxygen atoms in total. The fourth-order valence-electron chi connectivity index (χ4n) is 4.52. The number of aliphatic hydroxyl groups is 8. The summed E-state index contributed by atoms with van der Waals surface area (Å²) in [6.45, 7) is 16.1. The van der Waals surface area contributed by atoms with Gasteiger partial charge < -0.3 is 69.3 Å². The first-order valence-corrected chi connectivity index (χ1v) is 15.0. The second kappa shape index (κ2) is 15.5. The maximum atomic E-state index is 13.4. The molecule has 21 heteroatoms. The fourth-order valence-corrected chi connectivity index (χ4v) is 4.52. The van der Waals surface area contributed by atoms with Gasteiger partial charge in [0.25, 0.3) is 0 Å². The third-order valence-corrected chi connectivity index (χ3v) is 7.52. The van der Waals surface area contributed by atoms with Crippen molar-refractivity contribution in [3.63, 3.8) is 0 Å². The quantitative estimate of drug-likeness (QED) is 0.0353. The molecule has 0 aromatic carbocycles. The minimum Gasteiger partial charge on any atom is -0.419 e. The summed E-state index contributed by atoms with van der Waals surface area (Å²) in [7, 11) is 0. The van der Waals surface area contributed by atoms with Crippen LogP contribution in [-0.4, -0.2) is 144 Å². The largest absolute Gasteiger partial charge is 0.419 e. The molecule has 0 bridgehead atoms. The summed E-state index contributed by atoms with van der Waals surface area (Å²) in [4.78, 5) is 66.3. The lowest BCUT2D eigenvalue weighted by Crippen LogP contribution is -2.92. The summed E-state index contributed by atoms with van der Waals surface area (Å²) < 4.78 is 41.8. The number of esters is 5. The van der Waals surface area contributed by atoms with E-state index in [1.165, 1.54) is 0 Å². The maximum absolute atomic E-state index is 13.4. The Hall–Kier alpha value is -4.39. The molecule has 0 aliphatic carbocycles. The molecule has 296 valence electrons. The normalized spacial score (nSPS) is 34.9. The molecule has 0 amide bonds. The molecule has 0 aromatic heterocycles. The van der Waals surface area contributed by atoms with Crippen molar-refractivity contribution >= 4 is 29.8 Å². The Morgan fingerprint density at radius 2 is 0.962 bits per heavy atom. The number of carbonyl (C=O) groups excluding carboxylic acids is 5. The summed E-state index contributed by atoms with van der Waals surface area (Å²) in [5.74, 6) is -35.8. The monoisotopic (exact) mass is 762 g/mol. The van der Waals surface area contributed by atoms with Crippen LogP contribution < -0.4 is 0 Å². The van der Waals surface area contributed by atoms with Crippen LogP contribution in [0.15, 0.2) is 60.8 Å². The molecule has 0 spiro atoms. The third kappa shape index (κ3) is 7.41. The van der Waals surface area contributed by atoms with Gasteiger partial charge in [0.15, 0.2) is 0 Å². The zero-order valence-electron chi connectivity index (χ0n) is 29.3. The predicted octanol–water partition coefficient (Wildman–Crippen LogP) is -3.16. The van der Waals surface area contributed by atoms with Crippen LogP contribution >= 0.6 is 0 Å². The minimum absolute atomic E-state index is 0.618. The van der Waals surface area contributed by atoms with Gasteiger partial charge in [-0.3, -0.25) is 9.47 Å². The summed E-state index contributed by atoms with van der Waals surface area (Å²) >= 11 is 0. The number of rotatable bonds is 15. The fraction of sp³-hybridized carbons (Fsp3) is 0.531. The summed E-state index contributed by atoms with van der Waals surface area (Å²) in [6.07, 6.45) is -6.75. The molecule has 2 saturated heterocycles. The highest BCUT2D eigenvalue weighted by atomic mass is 17.0. The Bertz CT molecular complexity index is 1600. The molecular formula is C32H42O21. The molecule has 2 fully saturated rings. The van der Waals surface area contributed by atoms with Gasteiger partial charge in [-0.1, -0.05) is 32.9 Å². The second-order valence-corrected chi connectivity index (χ2v) is 12.2. The van der Waals surface area contributed by atoms with Gasteiger partial charge in [0, 0.05) is 27.9 Å². The lowest BCUT2D eigenvalue weighted by molar-refractivity contribution is -0.648. The van der Waals surface area contributed by atoms with Gasteiger partial charge in [0.2, 0.25) is 5.79 Å². The van der Waals surface area contributed by atoms with Gasteiger partial charge in [-0.05, 0) is 34.6 Å². The summed E-state index contributed by atoms with van der Waals surface area (Å²) in [5.41, 5.74) is -3.41. The van der Waals surface area contributed by atoms with E-state index < -0.39 is 131 Å². The lowest BCUT2D eigenvalue weighted by atomic mass is 9.82. The van der Waals surface area contributed by atoms with E-state index in [1.807, 2.05) is 0 Å². The molecule has 2 aliphatic rings. The average molecular weight is 763 g/mol. The molecule has 0 saturated carbocycles. The zero-order valence-corrected chi connectivity index (χ0v) is 29.3. The highest BCUT2D eigenvalue weighted by molar-refractivity contribution is 5.90. The van der Waals surface area contributed by atoms with E-state index in [-0.39, 0.29) is 0 Å². The van der Waals surface area contributed by atoms with E-state index in [4.69, 9.17) is 37.9 Å². The Kier molecular flexibility index (Phi) is 13.1. The molecule has 0 radical (unpaired) electrons. The van der Waals surface area contributed by atoms with E-state index in [1.54, 1.807) is 0 Å². The van der Waals surface area contributed by atoms with Crippen LogP contribution in [0.3, 0.4) is 0 Å². The SMILES string of the molecule is C=C(C)C(=O)O[C@]1(CO)O[C@@](OC(=O)C(=C)C)(OC2(CO)O[C@H](CO)[C@@H](O)[C@@H]2O)[C@@](O)(OC(=O)C(=C)C)[C@](O)(OC(=O)C(=C)C)[C@@]1(O)OC(=O)C(=C)C. The van der Waals surface area contributed by atoms with E-state index in [9.17, 15) is 64.8 Å². The van der Waals surface area contributed by atoms with Crippen molar-refractivity contribution < 1.29 is 103 Å². The molecular weight excluding hydrogens is 720 g/mol. The van der Waals surface area contributed by atoms with Crippen LogP contribution in [-0.2, 0) is 61.9 Å². The summed E-state index contributed by atoms with van der Waals surface area (Å²) in [5, 5.41) is 90.5. The van der Waals surface area contributed by atoms with Crippen molar-refractivity contribution in [2.45, 2.75) is 87.8 Å². The van der Waals surface area contributed by atoms with Crippen LogP contribution in [0.2, 0.25) is 0 Å². The zero-order chi connectivity index (χ0) is 41.3. The number of aliphatic hydroxyl groups excluding tert-OH is 5. The second-order valence-electron chi connectivity index (χ2n) is 12.2. The number of carbonyl (C=O) groups is 5. The smallest absolute Gasteiger partial charge is 0.413 e. The standard InChI is InChI=1S/C32H42O21/c1-14(2)22(38)47-28(13-35)29(43,48-23(39)15(3)4)30(44,49-24(40)16(5)6)31(45,50-25(41)17(7)8)32(53-28,51-26(42)18(9)10)52-27(12-34)21(37)20(36)19(11-33)46-27/h19-21,33-37,43-45H,1,3,5,7,9,11-13H2,2,4,6,8,10H3/t19-,20-,21+,27?,28-,29+,30-,31+,32+/m1/s1. The molecule has 53 heavy (non-hydrogen) atoms. The van der Waals surface area contributed by atoms with Crippen molar-refractivity contribution in [3.8, 4) is 0 Å². The Balaban J connectivity index is 3.47. The van der Waals surface area contributed by atoms with E-state index in [0.717, 1.165) is 34.6 Å². The van der Waals surface area contributed by atoms with Crippen LogP contribution in [0, 0.1) is 0 Å². The van der Waals surface area contributed by atoms with Crippen molar-refractivity contribution in [2.24, 2.45) is 0 Å². The van der Waals surface area contributed by atoms with Gasteiger partial charge in [0.05, 0.1) is 6.61 Å². The Morgan fingerprint density at radius 1 is 0.585 bits per heavy atom. The van der Waals surface area contributed by atoms with Crippen molar-refractivity contribution in [1.29, 1.82) is 0 Å². The van der Waals surface area contributed by atoms with Crippen molar-refractivity contribution in [3.05, 3.63) is 60.8 Å². The van der Waals surface area contributed by atoms with Crippen molar-refractivity contribution in [2.75, 3.05) is 19.8 Å². The molecule has 1 unspecified atom stereocenters. The Morgan fingerprint density at radius 3 is 1.32 bits per heavy atom. The maximum Gasteiger partial charge on any atom is 0.413 e. The molecule has 0 aromatic rings. The predicted molar refractivity (Wildman–Crippen MR) is 168 cm³/mol. The van der Waals surface area contributed by atoms with Gasteiger partial charge >= 0.3 is 59.0 Å². The van der Waals surface area contributed by atoms with Crippen LogP contribution in [0.25, 0.3) is 0 Å². The van der Waals surface area contributed by atoms with Crippen LogP contribution in [0.4, 0.5) is 0 Å². The Labute approximate surface area is 301 Å². The van der Waals surface area contributed by atoms with Gasteiger partial charge in [0.1, 0.15) is 31.5 Å². The van der Waals surface area contributed by atoms with Crippen LogP contribution in [0.5, 0.6) is 0 Å². The van der Waals surface area contributed by atoms with Crippen molar-refractivity contribution in [1.82, 2.24) is 0 Å². The van der Waals surface area contributed by atoms with E-state index in [0.29, 0.717) is 0 Å². The van der Waals surface area contributed by atoms with Crippen LogP contribution in [0.1, 0.15) is 34.6 Å².